The zero-order chi connectivity index (χ0) is 14.2. The summed E-state index contributed by atoms with van der Waals surface area (Å²) in [5.74, 6) is -0.833. The summed E-state index contributed by atoms with van der Waals surface area (Å²) in [5, 5.41) is 9.03. The molecular weight excluding hydrogens is 240 g/mol. The third-order valence-corrected chi connectivity index (χ3v) is 3.36. The number of carboxylic acid groups (broad SMARTS) is 1. The van der Waals surface area contributed by atoms with Crippen LogP contribution in [-0.4, -0.2) is 15.6 Å². The number of carbonyl (C=O) groups is 1. The fourth-order valence-electron chi connectivity index (χ4n) is 2.44. The molecule has 0 radical (unpaired) electrons. The first-order valence-electron chi connectivity index (χ1n) is 6.30. The average Bonchev–Trinajstić information content (AvgIpc) is 2.75. The number of aliphatic carboxylic acids is 1. The molecule has 0 saturated carbocycles. The monoisotopic (exact) mass is 259 g/mol. The molecule has 0 spiro atoms. The van der Waals surface area contributed by atoms with Crippen molar-refractivity contribution < 1.29 is 14.5 Å². The second kappa shape index (κ2) is 4.88. The van der Waals surface area contributed by atoms with Crippen LogP contribution in [-0.2, 0) is 4.79 Å². The molecule has 1 N–H and O–H groups in total. The van der Waals surface area contributed by atoms with Gasteiger partial charge in [0.1, 0.15) is 18.1 Å². The van der Waals surface area contributed by atoms with E-state index in [1.165, 1.54) is 16.7 Å². The van der Waals surface area contributed by atoms with Gasteiger partial charge in [-0.15, -0.1) is 0 Å². The highest BCUT2D eigenvalue weighted by atomic mass is 16.4. The predicted molar refractivity (Wildman–Crippen MR) is 72.5 cm³/mol. The summed E-state index contributed by atoms with van der Waals surface area (Å²) in [5.41, 5.74) is 4.71. The number of nitrogens with zero attached hydrogens (tertiary/aromatic N) is 2. The van der Waals surface area contributed by atoms with E-state index in [2.05, 4.69) is 32.9 Å². The Balaban J connectivity index is 2.47. The van der Waals surface area contributed by atoms with E-state index in [9.17, 15) is 4.79 Å². The highest BCUT2D eigenvalue weighted by Gasteiger charge is 2.20. The molecule has 4 heteroatoms. The first kappa shape index (κ1) is 13.3. The molecule has 4 nitrogen and oxygen atoms in total. The van der Waals surface area contributed by atoms with Crippen molar-refractivity contribution in [3.8, 4) is 5.69 Å². The minimum atomic E-state index is -0.833. The van der Waals surface area contributed by atoms with Gasteiger partial charge in [-0.25, -0.2) is 13.9 Å². The normalized spacial score (nSPS) is 12.4. The maximum absolute atomic E-state index is 11.0. The Hall–Kier alpha value is -2.10. The SMILES string of the molecule is Cc1cc(C)c(-[n+]2ccn([C@H](C)C(=O)O)c2)c(C)c1. The van der Waals surface area contributed by atoms with Crippen molar-refractivity contribution in [2.24, 2.45) is 0 Å². The minimum absolute atomic E-state index is 0.563. The van der Waals surface area contributed by atoms with Gasteiger partial charge in [0, 0.05) is 0 Å². The summed E-state index contributed by atoms with van der Waals surface area (Å²) in [6, 6.07) is 3.70. The fraction of sp³-hybridized carbons (Fsp3) is 0.333. The first-order chi connectivity index (χ1) is 8.90. The molecular formula is C15H19N2O2+. The Morgan fingerprint density at radius 2 is 1.84 bits per heavy atom. The van der Waals surface area contributed by atoms with Crippen LogP contribution in [0, 0.1) is 20.8 Å². The lowest BCUT2D eigenvalue weighted by atomic mass is 10.1. The lowest BCUT2D eigenvalue weighted by Gasteiger charge is -2.07. The molecule has 0 bridgehead atoms. The summed E-state index contributed by atoms with van der Waals surface area (Å²) >= 11 is 0. The van der Waals surface area contributed by atoms with Crippen molar-refractivity contribution >= 4 is 5.97 Å². The molecule has 0 fully saturated rings. The molecule has 2 rings (SSSR count). The van der Waals surface area contributed by atoms with Gasteiger partial charge in [0.25, 0.3) is 0 Å². The molecule has 19 heavy (non-hydrogen) atoms. The maximum atomic E-state index is 11.0. The van der Waals surface area contributed by atoms with Crippen molar-refractivity contribution in [1.82, 2.24) is 4.57 Å². The lowest BCUT2D eigenvalue weighted by molar-refractivity contribution is -0.596. The molecule has 0 saturated heterocycles. The molecule has 0 unspecified atom stereocenters. The first-order valence-corrected chi connectivity index (χ1v) is 6.30. The standard InChI is InChI=1S/C15H18N2O2/c1-10-7-11(2)14(12(3)8-10)17-6-5-16(9-17)13(4)15(18)19/h5-9,13H,1-4H3/p+1/t13-/m1/s1. The maximum Gasteiger partial charge on any atom is 0.349 e. The van der Waals surface area contributed by atoms with Gasteiger partial charge in [0.05, 0.1) is 0 Å². The Labute approximate surface area is 112 Å². The van der Waals surface area contributed by atoms with Gasteiger partial charge < -0.3 is 5.11 Å². The minimum Gasteiger partial charge on any atom is -0.478 e. The summed E-state index contributed by atoms with van der Waals surface area (Å²) in [4.78, 5) is 11.0. The van der Waals surface area contributed by atoms with Gasteiger partial charge in [-0.05, 0) is 38.8 Å². The topological polar surface area (TPSA) is 46.1 Å². The molecule has 1 heterocycles. The van der Waals surface area contributed by atoms with Crippen LogP contribution in [0.2, 0.25) is 0 Å². The van der Waals surface area contributed by atoms with Crippen molar-refractivity contribution in [3.63, 3.8) is 0 Å². The van der Waals surface area contributed by atoms with E-state index >= 15 is 0 Å². The van der Waals surface area contributed by atoms with Gasteiger partial charge in [0.15, 0.2) is 6.04 Å². The van der Waals surface area contributed by atoms with E-state index in [0.717, 1.165) is 5.69 Å². The van der Waals surface area contributed by atoms with Crippen LogP contribution in [0.1, 0.15) is 29.7 Å². The molecule has 1 atom stereocenters. The van der Waals surface area contributed by atoms with E-state index in [4.69, 9.17) is 5.11 Å². The number of aromatic nitrogens is 2. The van der Waals surface area contributed by atoms with E-state index < -0.39 is 12.0 Å². The van der Waals surface area contributed by atoms with E-state index in [1.807, 2.05) is 17.1 Å². The average molecular weight is 259 g/mol. The van der Waals surface area contributed by atoms with Crippen LogP contribution >= 0.6 is 0 Å². The van der Waals surface area contributed by atoms with Gasteiger partial charge in [-0.1, -0.05) is 17.7 Å². The number of benzene rings is 1. The summed E-state index contributed by atoms with van der Waals surface area (Å²) < 4.78 is 3.67. The van der Waals surface area contributed by atoms with Gasteiger partial charge in [-0.3, -0.25) is 0 Å². The molecule has 1 aromatic heterocycles. The number of hydrogen-bond donors (Lipinski definition) is 1. The van der Waals surface area contributed by atoms with Gasteiger partial charge >= 0.3 is 5.97 Å². The second-order valence-corrected chi connectivity index (χ2v) is 5.03. The van der Waals surface area contributed by atoms with E-state index in [-0.39, 0.29) is 0 Å². The smallest absolute Gasteiger partial charge is 0.349 e. The highest BCUT2D eigenvalue weighted by Crippen LogP contribution is 2.16. The Kier molecular flexibility index (Phi) is 3.42. The molecule has 0 amide bonds. The Morgan fingerprint density at radius 3 is 2.37 bits per heavy atom. The van der Waals surface area contributed by atoms with Crippen LogP contribution < -0.4 is 4.57 Å². The van der Waals surface area contributed by atoms with E-state index in [1.54, 1.807) is 17.7 Å². The lowest BCUT2D eigenvalue weighted by Crippen LogP contribution is -2.30. The van der Waals surface area contributed by atoms with Crippen LogP contribution in [0.4, 0.5) is 0 Å². The molecule has 0 aliphatic carbocycles. The number of hydrogen-bond acceptors (Lipinski definition) is 1. The highest BCUT2D eigenvalue weighted by molar-refractivity contribution is 5.71. The van der Waals surface area contributed by atoms with Crippen LogP contribution in [0.15, 0.2) is 30.9 Å². The molecule has 0 aliphatic rings. The Morgan fingerprint density at radius 1 is 1.26 bits per heavy atom. The summed E-state index contributed by atoms with van der Waals surface area (Å²) in [6.45, 7) is 7.88. The predicted octanol–water partition coefficient (Wildman–Crippen LogP) is 2.34. The number of rotatable bonds is 3. The molecule has 2 aromatic rings. The molecule has 0 aliphatic heterocycles. The van der Waals surface area contributed by atoms with Gasteiger partial charge in [0.2, 0.25) is 6.33 Å². The third-order valence-electron chi connectivity index (χ3n) is 3.36. The van der Waals surface area contributed by atoms with Crippen molar-refractivity contribution in [3.05, 3.63) is 47.5 Å². The van der Waals surface area contributed by atoms with Crippen LogP contribution in [0.3, 0.4) is 0 Å². The quantitative estimate of drug-likeness (QED) is 0.860. The number of aryl methyl sites for hydroxylation is 3. The van der Waals surface area contributed by atoms with Gasteiger partial charge in [-0.2, -0.15) is 0 Å². The second-order valence-electron chi connectivity index (χ2n) is 5.03. The van der Waals surface area contributed by atoms with Crippen LogP contribution in [0.25, 0.3) is 5.69 Å². The fourth-order valence-corrected chi connectivity index (χ4v) is 2.44. The largest absolute Gasteiger partial charge is 0.478 e. The van der Waals surface area contributed by atoms with Crippen molar-refractivity contribution in [2.45, 2.75) is 33.7 Å². The summed E-state index contributed by atoms with van der Waals surface area (Å²) in [7, 11) is 0. The van der Waals surface area contributed by atoms with E-state index in [0.29, 0.717) is 0 Å². The summed E-state index contributed by atoms with van der Waals surface area (Å²) in [6.07, 6.45) is 5.51. The van der Waals surface area contributed by atoms with Crippen molar-refractivity contribution in [1.29, 1.82) is 0 Å². The molecule has 1 aromatic carbocycles. The number of imidazole rings is 1. The zero-order valence-electron chi connectivity index (χ0n) is 11.7. The van der Waals surface area contributed by atoms with Crippen molar-refractivity contribution in [2.75, 3.05) is 0 Å². The molecule has 100 valence electrons. The number of carboxylic acids is 1. The zero-order valence-corrected chi connectivity index (χ0v) is 11.7. The Bertz CT molecular complexity index is 606. The third kappa shape index (κ3) is 2.52. The van der Waals surface area contributed by atoms with Crippen LogP contribution in [0.5, 0.6) is 0 Å².